The molecule has 1 aromatic carbocycles. The molecule has 0 atom stereocenters. The summed E-state index contributed by atoms with van der Waals surface area (Å²) in [6, 6.07) is 5.42. The highest BCUT2D eigenvalue weighted by molar-refractivity contribution is 9.10. The van der Waals surface area contributed by atoms with Gasteiger partial charge in [0.2, 0.25) is 5.91 Å². The van der Waals surface area contributed by atoms with Gasteiger partial charge in [-0.15, -0.1) is 0 Å². The molecule has 1 N–H and O–H groups in total. The van der Waals surface area contributed by atoms with Crippen molar-refractivity contribution in [3.8, 4) is 0 Å². The van der Waals surface area contributed by atoms with Crippen LogP contribution in [0.15, 0.2) is 22.7 Å². The van der Waals surface area contributed by atoms with Gasteiger partial charge in [0.15, 0.2) is 0 Å². The predicted molar refractivity (Wildman–Crippen MR) is 116 cm³/mol. The summed E-state index contributed by atoms with van der Waals surface area (Å²) in [5.74, 6) is 1.53. The number of carbonyl (C=O) groups is 1. The Morgan fingerprint density at radius 3 is 2.54 bits per heavy atom. The molecule has 1 amide bonds. The van der Waals surface area contributed by atoms with Crippen LogP contribution < -0.4 is 5.32 Å². The first-order chi connectivity index (χ1) is 13.5. The van der Waals surface area contributed by atoms with Crippen molar-refractivity contribution in [3.63, 3.8) is 0 Å². The minimum atomic E-state index is -0.139. The second-order valence-electron chi connectivity index (χ2n) is 8.65. The van der Waals surface area contributed by atoms with Crippen LogP contribution in [0.25, 0.3) is 0 Å². The molecular formula is C23H34BrFN2O. The van der Waals surface area contributed by atoms with Crippen LogP contribution in [-0.2, 0) is 11.2 Å². The van der Waals surface area contributed by atoms with E-state index in [0.29, 0.717) is 18.4 Å². The van der Waals surface area contributed by atoms with Crippen molar-refractivity contribution in [1.82, 2.24) is 10.2 Å². The summed E-state index contributed by atoms with van der Waals surface area (Å²) >= 11 is 3.56. The molecule has 1 heterocycles. The Labute approximate surface area is 177 Å². The van der Waals surface area contributed by atoms with Gasteiger partial charge in [-0.05, 0) is 107 Å². The Kier molecular flexibility index (Phi) is 8.34. The fourth-order valence-corrected chi connectivity index (χ4v) is 5.12. The minimum Gasteiger partial charge on any atom is -0.353 e. The average Bonchev–Trinajstić information content (AvgIpc) is 2.71. The number of benzene rings is 1. The number of hydrogen-bond acceptors (Lipinski definition) is 2. The van der Waals surface area contributed by atoms with Crippen molar-refractivity contribution in [2.75, 3.05) is 19.6 Å². The summed E-state index contributed by atoms with van der Waals surface area (Å²) in [6.45, 7) is 5.45. The van der Waals surface area contributed by atoms with Crippen LogP contribution in [0, 0.1) is 17.7 Å². The maximum Gasteiger partial charge on any atom is 0.219 e. The van der Waals surface area contributed by atoms with Crippen LogP contribution in [0.5, 0.6) is 0 Å². The number of nitrogens with one attached hydrogen (secondary N) is 1. The number of hydrogen-bond donors (Lipinski definition) is 1. The van der Waals surface area contributed by atoms with Crippen molar-refractivity contribution in [3.05, 3.63) is 34.1 Å². The van der Waals surface area contributed by atoms with Gasteiger partial charge in [0.25, 0.3) is 0 Å². The van der Waals surface area contributed by atoms with Crippen molar-refractivity contribution in [2.24, 2.45) is 11.8 Å². The SMILES string of the molecule is CCC(=O)N[C@H]1CC[C@H](CCN2CCC(Cc3cc(F)ccc3Br)CC2)CC1. The van der Waals surface area contributed by atoms with E-state index in [-0.39, 0.29) is 11.7 Å². The van der Waals surface area contributed by atoms with Crippen molar-refractivity contribution in [1.29, 1.82) is 0 Å². The summed E-state index contributed by atoms with van der Waals surface area (Å²) in [6.07, 6.45) is 10.0. The van der Waals surface area contributed by atoms with E-state index in [1.54, 1.807) is 6.07 Å². The molecule has 3 nitrogen and oxygen atoms in total. The maximum absolute atomic E-state index is 13.5. The molecule has 1 saturated carbocycles. The summed E-state index contributed by atoms with van der Waals surface area (Å²) in [5, 5.41) is 3.15. The number of nitrogens with zero attached hydrogens (tertiary/aromatic N) is 1. The van der Waals surface area contributed by atoms with Crippen molar-refractivity contribution in [2.45, 2.75) is 70.8 Å². The molecule has 0 unspecified atom stereocenters. The normalized spacial score (nSPS) is 24.2. The third-order valence-corrected chi connectivity index (χ3v) is 7.38. The number of carbonyl (C=O) groups excluding carboxylic acids is 1. The Balaban J connectivity index is 1.33. The van der Waals surface area contributed by atoms with Gasteiger partial charge < -0.3 is 10.2 Å². The van der Waals surface area contributed by atoms with Crippen molar-refractivity contribution >= 4 is 21.8 Å². The van der Waals surface area contributed by atoms with Gasteiger partial charge in [-0.25, -0.2) is 4.39 Å². The number of rotatable bonds is 7. The first kappa shape index (κ1) is 21.8. The third-order valence-electron chi connectivity index (χ3n) is 6.61. The number of piperidine rings is 1. The highest BCUT2D eigenvalue weighted by Gasteiger charge is 2.24. The van der Waals surface area contributed by atoms with Crippen LogP contribution in [0.1, 0.15) is 63.9 Å². The molecule has 1 saturated heterocycles. The van der Waals surface area contributed by atoms with Gasteiger partial charge in [-0.2, -0.15) is 0 Å². The summed E-state index contributed by atoms with van der Waals surface area (Å²) in [4.78, 5) is 14.1. The van der Waals surface area contributed by atoms with E-state index in [1.165, 1.54) is 57.8 Å². The molecule has 1 aliphatic heterocycles. The molecule has 1 aliphatic carbocycles. The lowest BCUT2D eigenvalue weighted by Crippen LogP contribution is -2.38. The Morgan fingerprint density at radius 1 is 1.14 bits per heavy atom. The molecule has 1 aromatic rings. The van der Waals surface area contributed by atoms with E-state index in [4.69, 9.17) is 0 Å². The molecule has 3 rings (SSSR count). The first-order valence-corrected chi connectivity index (χ1v) is 11.8. The van der Waals surface area contributed by atoms with E-state index >= 15 is 0 Å². The number of amides is 1. The predicted octanol–water partition coefficient (Wildman–Crippen LogP) is 5.32. The Hall–Kier alpha value is -0.940. The zero-order valence-corrected chi connectivity index (χ0v) is 18.6. The van der Waals surface area contributed by atoms with Gasteiger partial charge in [-0.3, -0.25) is 4.79 Å². The topological polar surface area (TPSA) is 32.3 Å². The minimum absolute atomic E-state index is 0.139. The van der Waals surface area contributed by atoms with Gasteiger partial charge in [0.05, 0.1) is 0 Å². The van der Waals surface area contributed by atoms with Gasteiger partial charge >= 0.3 is 0 Å². The summed E-state index contributed by atoms with van der Waals surface area (Å²) < 4.78 is 14.5. The van der Waals surface area contributed by atoms with Gasteiger partial charge in [-0.1, -0.05) is 22.9 Å². The van der Waals surface area contributed by atoms with E-state index in [9.17, 15) is 9.18 Å². The maximum atomic E-state index is 13.5. The smallest absolute Gasteiger partial charge is 0.219 e. The van der Waals surface area contributed by atoms with Crippen LogP contribution in [0.3, 0.4) is 0 Å². The summed E-state index contributed by atoms with van der Waals surface area (Å²) in [5.41, 5.74) is 1.10. The van der Waals surface area contributed by atoms with E-state index in [2.05, 4.69) is 26.1 Å². The standard InChI is InChI=1S/C23H34BrFN2O/c1-2-23(28)26-21-6-3-17(4-7-21)9-12-27-13-10-18(11-14-27)15-19-16-20(25)5-8-22(19)24/h5,8,16-18,21H,2-4,6-7,9-15H2,1H3,(H,26,28)/t17-,21-. The zero-order chi connectivity index (χ0) is 19.9. The number of halogens is 2. The highest BCUT2D eigenvalue weighted by Crippen LogP contribution is 2.29. The van der Waals surface area contributed by atoms with Gasteiger partial charge in [0.1, 0.15) is 5.82 Å². The van der Waals surface area contributed by atoms with E-state index < -0.39 is 0 Å². The molecule has 5 heteroatoms. The van der Waals surface area contributed by atoms with E-state index in [1.807, 2.05) is 13.0 Å². The molecule has 0 radical (unpaired) electrons. The lowest BCUT2D eigenvalue weighted by Gasteiger charge is -2.34. The van der Waals surface area contributed by atoms with Crippen LogP contribution in [0.4, 0.5) is 4.39 Å². The quantitative estimate of drug-likeness (QED) is 0.606. The Bertz CT molecular complexity index is 637. The Morgan fingerprint density at radius 2 is 1.86 bits per heavy atom. The molecule has 156 valence electrons. The second kappa shape index (κ2) is 10.7. The van der Waals surface area contributed by atoms with Gasteiger partial charge in [0, 0.05) is 16.9 Å². The number of likely N-dealkylation sites (tertiary alicyclic amines) is 1. The fraction of sp³-hybridized carbons (Fsp3) is 0.696. The van der Waals surface area contributed by atoms with Crippen LogP contribution in [0.2, 0.25) is 0 Å². The molecule has 0 bridgehead atoms. The zero-order valence-electron chi connectivity index (χ0n) is 17.1. The fourth-order valence-electron chi connectivity index (χ4n) is 4.72. The lowest BCUT2D eigenvalue weighted by molar-refractivity contribution is -0.121. The highest BCUT2D eigenvalue weighted by atomic mass is 79.9. The molecule has 28 heavy (non-hydrogen) atoms. The molecule has 2 aliphatic rings. The average molecular weight is 453 g/mol. The lowest BCUT2D eigenvalue weighted by atomic mass is 9.83. The molecule has 2 fully saturated rings. The first-order valence-electron chi connectivity index (χ1n) is 11.0. The van der Waals surface area contributed by atoms with Crippen molar-refractivity contribution < 1.29 is 9.18 Å². The van der Waals surface area contributed by atoms with Crippen LogP contribution >= 0.6 is 15.9 Å². The third kappa shape index (κ3) is 6.55. The summed E-state index contributed by atoms with van der Waals surface area (Å²) in [7, 11) is 0. The molecule has 0 spiro atoms. The monoisotopic (exact) mass is 452 g/mol. The second-order valence-corrected chi connectivity index (χ2v) is 9.51. The molecular weight excluding hydrogens is 419 g/mol. The largest absolute Gasteiger partial charge is 0.353 e. The molecule has 0 aromatic heterocycles. The van der Waals surface area contributed by atoms with Crippen LogP contribution in [-0.4, -0.2) is 36.5 Å². The van der Waals surface area contributed by atoms with E-state index in [0.717, 1.165) is 35.2 Å².